The van der Waals surface area contributed by atoms with Gasteiger partial charge in [-0.2, -0.15) is 5.26 Å². The van der Waals surface area contributed by atoms with Crippen LogP contribution in [-0.2, 0) is 11.3 Å². The molecule has 7 heteroatoms. The number of carbonyl (C=O) groups is 2. The molecule has 0 atom stereocenters. The number of nitriles is 1. The van der Waals surface area contributed by atoms with Gasteiger partial charge in [0.05, 0.1) is 28.6 Å². The summed E-state index contributed by atoms with van der Waals surface area (Å²) in [6, 6.07) is 15.9. The number of pyridine rings is 1. The maximum Gasteiger partial charge on any atom is 0.340 e. The number of nitrogens with one attached hydrogen (secondary N) is 1. The lowest BCUT2D eigenvalue weighted by Crippen LogP contribution is -2.16. The number of hydrogen-bond donors (Lipinski definition) is 1. The van der Waals surface area contributed by atoms with Gasteiger partial charge in [-0.05, 0) is 42.8 Å². The monoisotopic (exact) mass is 399 g/mol. The lowest BCUT2D eigenvalue weighted by Gasteiger charge is -2.13. The number of aryl methyl sites for hydroxylation is 1. The quantitative estimate of drug-likeness (QED) is 0.504. The van der Waals surface area contributed by atoms with E-state index in [-0.39, 0.29) is 17.9 Å². The molecule has 7 nitrogen and oxygen atoms in total. The van der Waals surface area contributed by atoms with Gasteiger partial charge in [0.2, 0.25) is 0 Å². The van der Waals surface area contributed by atoms with Gasteiger partial charge >= 0.3 is 5.97 Å². The van der Waals surface area contributed by atoms with E-state index in [4.69, 9.17) is 9.15 Å². The van der Waals surface area contributed by atoms with Crippen molar-refractivity contribution in [2.75, 3.05) is 5.32 Å². The third-order valence-corrected chi connectivity index (χ3v) is 4.71. The molecule has 3 heterocycles. The molecule has 0 fully saturated rings. The smallest absolute Gasteiger partial charge is 0.340 e. The highest BCUT2D eigenvalue weighted by Gasteiger charge is 2.19. The molecular weight excluding hydrogens is 382 g/mol. The van der Waals surface area contributed by atoms with Crippen LogP contribution in [0.25, 0.3) is 5.52 Å². The molecule has 148 valence electrons. The zero-order valence-corrected chi connectivity index (χ0v) is 16.1. The van der Waals surface area contributed by atoms with E-state index in [1.54, 1.807) is 37.4 Å². The van der Waals surface area contributed by atoms with Gasteiger partial charge in [0, 0.05) is 18.0 Å². The Balaban J connectivity index is 1.57. The predicted octanol–water partition coefficient (Wildman–Crippen LogP) is 4.32. The van der Waals surface area contributed by atoms with Crippen molar-refractivity contribution in [1.29, 1.82) is 5.26 Å². The number of nitrogens with zero attached hydrogens (tertiary/aromatic N) is 2. The highest BCUT2D eigenvalue weighted by Crippen LogP contribution is 2.24. The number of esters is 1. The topological polar surface area (TPSA) is 96.7 Å². The van der Waals surface area contributed by atoms with E-state index >= 15 is 0 Å². The number of anilines is 1. The zero-order chi connectivity index (χ0) is 21.1. The Labute approximate surface area is 172 Å². The normalized spacial score (nSPS) is 10.5. The number of carbonyl (C=O) groups excluding carboxylic acids is 2. The number of para-hydroxylation sites is 1. The number of hydrogen-bond acceptors (Lipinski definition) is 5. The van der Waals surface area contributed by atoms with Gasteiger partial charge in [-0.1, -0.05) is 18.2 Å². The number of ether oxygens (including phenoxy) is 1. The Bertz CT molecular complexity index is 1280. The standard InChI is InChI=1S/C23H17N3O4/c1-15-6-4-7-17(21(15)25-22(27)20-9-5-11-29-20)23(28)30-14-16-13-26-10-3-2-8-19(26)18(16)12-24/h2-11,13H,14H2,1H3,(H,25,27). The molecule has 4 aromatic rings. The van der Waals surface area contributed by atoms with Crippen molar-refractivity contribution in [1.82, 2.24) is 4.40 Å². The molecule has 0 bridgehead atoms. The van der Waals surface area contributed by atoms with Gasteiger partial charge in [-0.3, -0.25) is 4.79 Å². The van der Waals surface area contributed by atoms with Gasteiger partial charge in [0.1, 0.15) is 12.7 Å². The van der Waals surface area contributed by atoms with Gasteiger partial charge in [-0.25, -0.2) is 4.79 Å². The van der Waals surface area contributed by atoms with E-state index in [0.29, 0.717) is 22.4 Å². The first kappa shape index (κ1) is 19.0. The first-order chi connectivity index (χ1) is 14.6. The molecule has 0 radical (unpaired) electrons. The Kier molecular flexibility index (Phi) is 5.06. The SMILES string of the molecule is Cc1cccc(C(=O)OCc2cn3ccccc3c2C#N)c1NC(=O)c1ccco1. The lowest BCUT2D eigenvalue weighted by molar-refractivity contribution is 0.0473. The third kappa shape index (κ3) is 3.54. The predicted molar refractivity (Wildman–Crippen MR) is 109 cm³/mol. The van der Waals surface area contributed by atoms with E-state index < -0.39 is 11.9 Å². The number of amides is 1. The second kappa shape index (κ2) is 7.97. The lowest BCUT2D eigenvalue weighted by atomic mass is 10.1. The van der Waals surface area contributed by atoms with Crippen molar-refractivity contribution < 1.29 is 18.7 Å². The average molecular weight is 399 g/mol. The van der Waals surface area contributed by atoms with Crippen molar-refractivity contribution in [3.8, 4) is 6.07 Å². The summed E-state index contributed by atoms with van der Waals surface area (Å²) in [6.07, 6.45) is 4.98. The van der Waals surface area contributed by atoms with Crippen LogP contribution in [-0.4, -0.2) is 16.3 Å². The Morgan fingerprint density at radius 2 is 2.03 bits per heavy atom. The maximum absolute atomic E-state index is 12.8. The first-order valence-electron chi connectivity index (χ1n) is 9.18. The second-order valence-corrected chi connectivity index (χ2v) is 6.64. The summed E-state index contributed by atoms with van der Waals surface area (Å²) in [5.41, 5.74) is 3.08. The fraction of sp³-hybridized carbons (Fsp3) is 0.0870. The van der Waals surface area contributed by atoms with Crippen LogP contribution < -0.4 is 5.32 Å². The van der Waals surface area contributed by atoms with E-state index in [1.165, 1.54) is 12.3 Å². The molecule has 0 saturated heterocycles. The average Bonchev–Trinajstić information content (AvgIpc) is 3.41. The van der Waals surface area contributed by atoms with Gasteiger partial charge in [-0.15, -0.1) is 0 Å². The number of benzene rings is 1. The van der Waals surface area contributed by atoms with Crippen LogP contribution in [0.5, 0.6) is 0 Å². The van der Waals surface area contributed by atoms with Crippen molar-refractivity contribution in [2.24, 2.45) is 0 Å². The summed E-state index contributed by atoms with van der Waals surface area (Å²) in [7, 11) is 0. The van der Waals surface area contributed by atoms with E-state index in [1.807, 2.05) is 28.8 Å². The van der Waals surface area contributed by atoms with Gasteiger partial charge in [0.25, 0.3) is 5.91 Å². The van der Waals surface area contributed by atoms with E-state index in [2.05, 4.69) is 11.4 Å². The van der Waals surface area contributed by atoms with Crippen LogP contribution in [0.2, 0.25) is 0 Å². The summed E-state index contributed by atoms with van der Waals surface area (Å²) < 4.78 is 12.4. The molecule has 30 heavy (non-hydrogen) atoms. The van der Waals surface area contributed by atoms with Crippen LogP contribution in [0, 0.1) is 18.3 Å². The maximum atomic E-state index is 12.8. The fourth-order valence-electron chi connectivity index (χ4n) is 3.22. The molecule has 3 aromatic heterocycles. The van der Waals surface area contributed by atoms with Crippen LogP contribution in [0.3, 0.4) is 0 Å². The molecule has 1 amide bonds. The molecule has 0 aliphatic carbocycles. The molecule has 4 rings (SSSR count). The van der Waals surface area contributed by atoms with Crippen molar-refractivity contribution >= 4 is 23.1 Å². The molecule has 0 aliphatic rings. The minimum absolute atomic E-state index is 0.0665. The highest BCUT2D eigenvalue weighted by molar-refractivity contribution is 6.07. The molecule has 1 aromatic carbocycles. The zero-order valence-electron chi connectivity index (χ0n) is 16.1. The van der Waals surface area contributed by atoms with Crippen LogP contribution in [0.4, 0.5) is 5.69 Å². The van der Waals surface area contributed by atoms with Crippen LogP contribution in [0.1, 0.15) is 37.6 Å². The number of rotatable bonds is 5. The molecule has 1 N–H and O–H groups in total. The Morgan fingerprint density at radius 3 is 2.80 bits per heavy atom. The van der Waals surface area contributed by atoms with Crippen LogP contribution >= 0.6 is 0 Å². The number of aromatic nitrogens is 1. The first-order valence-corrected chi connectivity index (χ1v) is 9.18. The fourth-order valence-corrected chi connectivity index (χ4v) is 3.22. The van der Waals surface area contributed by atoms with Crippen molar-refractivity contribution in [3.05, 3.63) is 95.2 Å². The Hall–Kier alpha value is -4.31. The number of furan rings is 1. The summed E-state index contributed by atoms with van der Waals surface area (Å²) in [5, 5.41) is 12.2. The van der Waals surface area contributed by atoms with Gasteiger partial charge < -0.3 is 18.9 Å². The summed E-state index contributed by atoms with van der Waals surface area (Å²) >= 11 is 0. The minimum atomic E-state index is -0.604. The third-order valence-electron chi connectivity index (χ3n) is 4.71. The van der Waals surface area contributed by atoms with Crippen molar-refractivity contribution in [3.63, 3.8) is 0 Å². The Morgan fingerprint density at radius 1 is 1.17 bits per heavy atom. The summed E-state index contributed by atoms with van der Waals surface area (Å²) in [6.45, 7) is 1.71. The molecule has 0 spiro atoms. The number of fused-ring (bicyclic) bond motifs is 1. The van der Waals surface area contributed by atoms with Gasteiger partial charge in [0.15, 0.2) is 5.76 Å². The van der Waals surface area contributed by atoms with Crippen molar-refractivity contribution in [2.45, 2.75) is 13.5 Å². The highest BCUT2D eigenvalue weighted by atomic mass is 16.5. The van der Waals surface area contributed by atoms with E-state index in [9.17, 15) is 14.9 Å². The molecular formula is C23H17N3O4. The van der Waals surface area contributed by atoms with E-state index in [0.717, 1.165) is 5.52 Å². The molecule has 0 saturated carbocycles. The summed E-state index contributed by atoms with van der Waals surface area (Å²) in [4.78, 5) is 25.2. The van der Waals surface area contributed by atoms with Crippen LogP contribution in [0.15, 0.2) is 71.6 Å². The minimum Gasteiger partial charge on any atom is -0.459 e. The molecule has 0 unspecified atom stereocenters. The second-order valence-electron chi connectivity index (χ2n) is 6.64. The largest absolute Gasteiger partial charge is 0.459 e. The molecule has 0 aliphatic heterocycles. The summed E-state index contributed by atoms with van der Waals surface area (Å²) in [5.74, 6) is -0.932.